The minimum Gasteiger partial charge on any atom is -0.387 e. The zero-order valence-corrected chi connectivity index (χ0v) is 31.7. The Labute approximate surface area is 292 Å². The highest BCUT2D eigenvalue weighted by atomic mass is 32.2. The molecule has 0 bridgehead atoms. The van der Waals surface area contributed by atoms with Crippen molar-refractivity contribution in [2.24, 2.45) is 0 Å². The number of aliphatic hydroxyl groups is 1. The van der Waals surface area contributed by atoms with E-state index in [0.29, 0.717) is 6.42 Å². The van der Waals surface area contributed by atoms with E-state index in [2.05, 4.69) is 31.3 Å². The van der Waals surface area contributed by atoms with Gasteiger partial charge in [0, 0.05) is 6.42 Å². The molecule has 0 saturated heterocycles. The third-order valence-electron chi connectivity index (χ3n) is 9.13. The maximum Gasteiger partial charge on any atom is 0.267 e. The summed E-state index contributed by atoms with van der Waals surface area (Å²) in [6.45, 7) is 4.52. The highest BCUT2D eigenvalue weighted by Crippen LogP contribution is 2.15. The first-order valence-corrected chi connectivity index (χ1v) is 21.6. The van der Waals surface area contributed by atoms with Crippen LogP contribution in [0.4, 0.5) is 0 Å². The van der Waals surface area contributed by atoms with Crippen LogP contribution in [0.5, 0.6) is 0 Å². The molecule has 0 radical (unpaired) electrons. The molecule has 0 aromatic carbocycles. The summed E-state index contributed by atoms with van der Waals surface area (Å²) in [7, 11) is -4.35. The van der Waals surface area contributed by atoms with E-state index >= 15 is 0 Å². The molecular weight excluding hydrogens is 607 g/mol. The van der Waals surface area contributed by atoms with Crippen molar-refractivity contribution in [3.8, 4) is 0 Å². The van der Waals surface area contributed by atoms with Crippen LogP contribution in [-0.2, 0) is 14.9 Å². The maximum absolute atomic E-state index is 12.5. The lowest BCUT2D eigenvalue weighted by molar-refractivity contribution is -0.122. The van der Waals surface area contributed by atoms with Gasteiger partial charge in [-0.25, -0.2) is 0 Å². The molecule has 2 unspecified atom stereocenters. The zero-order chi connectivity index (χ0) is 34.7. The van der Waals surface area contributed by atoms with E-state index in [9.17, 15) is 22.9 Å². The van der Waals surface area contributed by atoms with E-state index in [1.807, 2.05) is 6.08 Å². The Bertz CT molecular complexity index is 842. The minimum atomic E-state index is -4.35. The Kier molecular flexibility index (Phi) is 33.8. The topological polar surface area (TPSA) is 104 Å². The van der Waals surface area contributed by atoms with E-state index in [4.69, 9.17) is 0 Å². The van der Waals surface area contributed by atoms with Crippen LogP contribution >= 0.6 is 0 Å². The van der Waals surface area contributed by atoms with Crippen LogP contribution in [0.3, 0.4) is 0 Å². The summed E-state index contributed by atoms with van der Waals surface area (Å²) in [6, 6.07) is -1.07. The molecule has 7 heteroatoms. The van der Waals surface area contributed by atoms with Gasteiger partial charge in [0.05, 0.1) is 17.9 Å². The summed E-state index contributed by atoms with van der Waals surface area (Å²) in [6.07, 6.45) is 43.0. The van der Waals surface area contributed by atoms with Crippen molar-refractivity contribution in [3.05, 3.63) is 24.3 Å². The maximum atomic E-state index is 12.5. The standard InChI is InChI=1S/C40H77NO5S/c1-3-5-7-9-11-13-15-17-19-20-22-23-25-27-29-31-33-35-39(42)38(37-47(44,45)46)41-40(43)36-34-32-30-28-26-24-21-18-16-14-12-10-8-6-4-2/h25,27,33,35,38-39,42H,3-24,26,28-32,34,36-37H2,1-2H3,(H,41,43)(H,44,45,46)/b27-25+,35-33+. The van der Waals surface area contributed by atoms with Crippen molar-refractivity contribution in [2.75, 3.05) is 5.75 Å². The molecule has 0 fully saturated rings. The summed E-state index contributed by atoms with van der Waals surface area (Å²) in [5, 5.41) is 13.2. The summed E-state index contributed by atoms with van der Waals surface area (Å²) in [4.78, 5) is 12.5. The van der Waals surface area contributed by atoms with Crippen LogP contribution < -0.4 is 5.32 Å². The van der Waals surface area contributed by atoms with Gasteiger partial charge in [-0.1, -0.05) is 192 Å². The van der Waals surface area contributed by atoms with Gasteiger partial charge in [-0.15, -0.1) is 0 Å². The number of allylic oxidation sites excluding steroid dienone is 3. The van der Waals surface area contributed by atoms with Crippen LogP contribution in [0.25, 0.3) is 0 Å². The lowest BCUT2D eigenvalue weighted by Crippen LogP contribution is -2.46. The van der Waals surface area contributed by atoms with E-state index in [1.54, 1.807) is 0 Å². The van der Waals surface area contributed by atoms with Crippen LogP contribution in [0.15, 0.2) is 24.3 Å². The summed E-state index contributed by atoms with van der Waals surface area (Å²) < 4.78 is 32.4. The Morgan fingerprint density at radius 2 is 0.915 bits per heavy atom. The molecule has 0 aliphatic carbocycles. The van der Waals surface area contributed by atoms with Crippen LogP contribution in [-0.4, -0.2) is 41.9 Å². The molecule has 6 nitrogen and oxygen atoms in total. The second-order valence-corrected chi connectivity index (χ2v) is 15.4. The number of hydrogen-bond acceptors (Lipinski definition) is 4. The molecule has 0 saturated carbocycles. The number of aliphatic hydroxyl groups excluding tert-OH is 1. The molecule has 0 aliphatic rings. The zero-order valence-electron chi connectivity index (χ0n) is 30.9. The van der Waals surface area contributed by atoms with Gasteiger partial charge in [-0.2, -0.15) is 8.42 Å². The van der Waals surface area contributed by atoms with Crippen LogP contribution in [0.1, 0.15) is 206 Å². The van der Waals surface area contributed by atoms with Crippen molar-refractivity contribution in [1.82, 2.24) is 5.32 Å². The molecule has 3 N–H and O–H groups in total. The second kappa shape index (κ2) is 34.7. The highest BCUT2D eigenvalue weighted by Gasteiger charge is 2.24. The van der Waals surface area contributed by atoms with Gasteiger partial charge in [0.15, 0.2) is 0 Å². The number of hydrogen-bond donors (Lipinski definition) is 3. The van der Waals surface area contributed by atoms with Crippen molar-refractivity contribution in [1.29, 1.82) is 0 Å². The van der Waals surface area contributed by atoms with Crippen molar-refractivity contribution >= 4 is 16.0 Å². The summed E-state index contributed by atoms with van der Waals surface area (Å²) in [5.74, 6) is -0.992. The number of carbonyl (C=O) groups excluding carboxylic acids is 1. The molecule has 47 heavy (non-hydrogen) atoms. The van der Waals surface area contributed by atoms with Crippen LogP contribution in [0.2, 0.25) is 0 Å². The second-order valence-electron chi connectivity index (χ2n) is 13.9. The highest BCUT2D eigenvalue weighted by molar-refractivity contribution is 7.85. The third-order valence-corrected chi connectivity index (χ3v) is 9.91. The molecule has 0 rings (SSSR count). The molecule has 1 amide bonds. The lowest BCUT2D eigenvalue weighted by Gasteiger charge is -2.21. The number of amides is 1. The molecule has 0 aromatic rings. The van der Waals surface area contributed by atoms with Gasteiger partial charge in [0.2, 0.25) is 5.91 Å². The van der Waals surface area contributed by atoms with E-state index < -0.39 is 28.0 Å². The molecule has 0 aliphatic heterocycles. The first-order chi connectivity index (χ1) is 22.8. The lowest BCUT2D eigenvalue weighted by atomic mass is 10.0. The third kappa shape index (κ3) is 35.9. The normalized spacial score (nSPS) is 13.5. The molecule has 278 valence electrons. The Morgan fingerprint density at radius 1 is 0.553 bits per heavy atom. The van der Waals surface area contributed by atoms with Gasteiger partial charge in [0.1, 0.15) is 0 Å². The van der Waals surface area contributed by atoms with Crippen molar-refractivity contribution in [2.45, 2.75) is 219 Å². The number of nitrogens with one attached hydrogen (secondary N) is 1. The predicted molar refractivity (Wildman–Crippen MR) is 202 cm³/mol. The fourth-order valence-electron chi connectivity index (χ4n) is 6.11. The number of rotatable bonds is 36. The van der Waals surface area contributed by atoms with E-state index in [0.717, 1.165) is 38.5 Å². The van der Waals surface area contributed by atoms with E-state index in [1.165, 1.54) is 154 Å². The van der Waals surface area contributed by atoms with Crippen molar-refractivity contribution < 1.29 is 22.9 Å². The average Bonchev–Trinajstić information content (AvgIpc) is 3.03. The summed E-state index contributed by atoms with van der Waals surface area (Å²) in [5.41, 5.74) is 0. The van der Waals surface area contributed by atoms with Gasteiger partial charge in [-0.05, 0) is 32.1 Å². The molecular formula is C40H77NO5S. The Morgan fingerprint density at radius 3 is 1.34 bits per heavy atom. The Balaban J connectivity index is 3.97. The van der Waals surface area contributed by atoms with Crippen LogP contribution in [0, 0.1) is 0 Å². The van der Waals surface area contributed by atoms with Gasteiger partial charge in [-0.3, -0.25) is 9.35 Å². The minimum absolute atomic E-state index is 0.286. The predicted octanol–water partition coefficient (Wildman–Crippen LogP) is 11.6. The average molecular weight is 684 g/mol. The van der Waals surface area contributed by atoms with Gasteiger partial charge >= 0.3 is 0 Å². The quantitative estimate of drug-likeness (QED) is 0.0346. The first kappa shape index (κ1) is 45.8. The first-order valence-electron chi connectivity index (χ1n) is 20.0. The molecule has 0 spiro atoms. The largest absolute Gasteiger partial charge is 0.387 e. The molecule has 0 aromatic heterocycles. The van der Waals surface area contributed by atoms with Crippen molar-refractivity contribution in [3.63, 3.8) is 0 Å². The molecule has 0 heterocycles. The number of unbranched alkanes of at least 4 members (excludes halogenated alkanes) is 26. The SMILES string of the molecule is CCCCCCCCCCCCC/C=C/CC/C=C/C(O)C(CS(=O)(=O)O)NC(=O)CCCCCCCCCCCCCCCCC. The monoisotopic (exact) mass is 684 g/mol. The van der Waals surface area contributed by atoms with E-state index in [-0.39, 0.29) is 5.91 Å². The fraction of sp³-hybridized carbons (Fsp3) is 0.875. The molecule has 2 atom stereocenters. The fourth-order valence-corrected chi connectivity index (χ4v) is 6.85. The number of carbonyl (C=O) groups is 1. The smallest absolute Gasteiger partial charge is 0.267 e. The Hall–Kier alpha value is -1.18. The van der Waals surface area contributed by atoms with Gasteiger partial charge < -0.3 is 10.4 Å². The van der Waals surface area contributed by atoms with Gasteiger partial charge in [0.25, 0.3) is 10.1 Å². The summed E-state index contributed by atoms with van der Waals surface area (Å²) >= 11 is 0.